The van der Waals surface area contributed by atoms with Crippen LogP contribution in [0.25, 0.3) is 0 Å². The highest BCUT2D eigenvalue weighted by Crippen LogP contribution is 2.26. The molecular formula is C26H29ClF3N3O6. The van der Waals surface area contributed by atoms with E-state index in [1.807, 2.05) is 29.2 Å². The number of nitrogens with zero attached hydrogens (tertiary/aromatic N) is 2. The maximum Gasteiger partial charge on any atom is 0.490 e. The molecule has 0 radical (unpaired) electrons. The minimum absolute atomic E-state index is 0.0160. The number of anilines is 1. The molecule has 212 valence electrons. The zero-order chi connectivity index (χ0) is 28.7. The Morgan fingerprint density at radius 1 is 0.974 bits per heavy atom. The number of hydrogen-bond acceptors (Lipinski definition) is 6. The van der Waals surface area contributed by atoms with E-state index in [2.05, 4.69) is 10.2 Å². The predicted molar refractivity (Wildman–Crippen MR) is 137 cm³/mol. The number of nitrogens with one attached hydrogen (secondary N) is 1. The van der Waals surface area contributed by atoms with Gasteiger partial charge in [-0.15, -0.1) is 0 Å². The summed E-state index contributed by atoms with van der Waals surface area (Å²) in [6, 6.07) is 14.5. The monoisotopic (exact) mass is 571 g/mol. The van der Waals surface area contributed by atoms with Gasteiger partial charge in [-0.25, -0.2) is 4.79 Å². The van der Waals surface area contributed by atoms with E-state index in [9.17, 15) is 33.0 Å². The van der Waals surface area contributed by atoms with E-state index < -0.39 is 24.2 Å². The molecule has 39 heavy (non-hydrogen) atoms. The molecule has 2 aromatic carbocycles. The van der Waals surface area contributed by atoms with Crippen molar-refractivity contribution in [1.82, 2.24) is 10.2 Å². The van der Waals surface area contributed by atoms with Gasteiger partial charge in [-0.2, -0.15) is 13.2 Å². The summed E-state index contributed by atoms with van der Waals surface area (Å²) in [5.74, 6) is -3.61. The van der Waals surface area contributed by atoms with Crippen LogP contribution in [0.4, 0.5) is 18.9 Å². The maximum atomic E-state index is 12.7. The quantitative estimate of drug-likeness (QED) is 0.416. The second-order valence-electron chi connectivity index (χ2n) is 9.32. The second-order valence-corrected chi connectivity index (χ2v) is 9.76. The Kier molecular flexibility index (Phi) is 10.2. The van der Waals surface area contributed by atoms with E-state index in [1.165, 1.54) is 0 Å². The van der Waals surface area contributed by atoms with Gasteiger partial charge in [-0.3, -0.25) is 9.59 Å². The summed E-state index contributed by atoms with van der Waals surface area (Å²) in [5, 5.41) is 31.1. The second kappa shape index (κ2) is 13.1. The highest BCUT2D eigenvalue weighted by Gasteiger charge is 2.38. The van der Waals surface area contributed by atoms with E-state index in [0.717, 1.165) is 24.1 Å². The first-order valence-electron chi connectivity index (χ1n) is 12.2. The van der Waals surface area contributed by atoms with Crippen LogP contribution in [0.2, 0.25) is 5.02 Å². The number of carbonyl (C=O) groups excluding carboxylic acids is 1. The first kappa shape index (κ1) is 30.2. The van der Waals surface area contributed by atoms with Crippen molar-refractivity contribution < 1.29 is 42.9 Å². The zero-order valence-corrected chi connectivity index (χ0v) is 21.5. The number of likely N-dealkylation sites (tertiary alicyclic amines) is 1. The fraction of sp³-hybridized carbons (Fsp3) is 0.423. The molecule has 4 rings (SSSR count). The highest BCUT2D eigenvalue weighted by atomic mass is 35.5. The predicted octanol–water partition coefficient (Wildman–Crippen LogP) is 3.04. The fourth-order valence-corrected chi connectivity index (χ4v) is 4.73. The van der Waals surface area contributed by atoms with Gasteiger partial charge >= 0.3 is 18.1 Å². The Bertz CT molecular complexity index is 1160. The molecule has 0 bridgehead atoms. The number of carboxylic acids is 2. The number of alkyl halides is 3. The van der Waals surface area contributed by atoms with Gasteiger partial charge in [0.25, 0.3) is 5.91 Å². The number of aliphatic carboxylic acids is 2. The van der Waals surface area contributed by atoms with Crippen molar-refractivity contribution in [2.24, 2.45) is 0 Å². The number of para-hydroxylation sites is 1. The molecule has 2 aliphatic rings. The van der Waals surface area contributed by atoms with E-state index in [1.54, 1.807) is 24.3 Å². The largest absolute Gasteiger partial charge is 0.490 e. The van der Waals surface area contributed by atoms with E-state index in [4.69, 9.17) is 21.5 Å². The summed E-state index contributed by atoms with van der Waals surface area (Å²) >= 11 is 5.91. The average molecular weight is 572 g/mol. The molecular weight excluding hydrogens is 543 g/mol. The van der Waals surface area contributed by atoms with E-state index >= 15 is 0 Å². The SMILES string of the molecule is O=C(O)C(F)(F)F.O=C(O)Cc1ccccc1N1CC(NC2CCN(C(=O)c3ccc(Cl)cc3)CC2)[C@H](O)C1. The zero-order valence-electron chi connectivity index (χ0n) is 20.8. The molecule has 0 saturated carbocycles. The fourth-order valence-electron chi connectivity index (χ4n) is 4.61. The minimum Gasteiger partial charge on any atom is -0.481 e. The van der Waals surface area contributed by atoms with Crippen LogP contribution in [0.3, 0.4) is 0 Å². The lowest BCUT2D eigenvalue weighted by molar-refractivity contribution is -0.192. The summed E-state index contributed by atoms with van der Waals surface area (Å²) in [6.45, 7) is 2.39. The molecule has 2 atom stereocenters. The molecule has 2 aromatic rings. The number of amides is 1. The molecule has 13 heteroatoms. The van der Waals surface area contributed by atoms with Crippen molar-refractivity contribution in [2.45, 2.75) is 43.6 Å². The van der Waals surface area contributed by atoms with Crippen LogP contribution >= 0.6 is 11.6 Å². The van der Waals surface area contributed by atoms with Crippen LogP contribution in [-0.2, 0) is 16.0 Å². The molecule has 9 nitrogen and oxygen atoms in total. The summed E-state index contributed by atoms with van der Waals surface area (Å²) in [6.07, 6.45) is -4.03. The Morgan fingerprint density at radius 3 is 2.13 bits per heavy atom. The first-order chi connectivity index (χ1) is 18.3. The molecule has 0 spiro atoms. The van der Waals surface area contributed by atoms with Crippen molar-refractivity contribution in [2.75, 3.05) is 31.1 Å². The third-order valence-corrected chi connectivity index (χ3v) is 6.78. The van der Waals surface area contributed by atoms with Gasteiger partial charge in [0.1, 0.15) is 0 Å². The maximum absolute atomic E-state index is 12.7. The molecule has 0 aromatic heterocycles. The number of hydrogen-bond donors (Lipinski definition) is 4. The summed E-state index contributed by atoms with van der Waals surface area (Å²) in [7, 11) is 0. The van der Waals surface area contributed by atoms with Gasteiger partial charge in [0.15, 0.2) is 0 Å². The third kappa shape index (κ3) is 8.57. The molecule has 0 aliphatic carbocycles. The van der Waals surface area contributed by atoms with Crippen molar-refractivity contribution in [3.8, 4) is 0 Å². The Balaban J connectivity index is 0.000000532. The number of piperidine rings is 1. The van der Waals surface area contributed by atoms with Crippen molar-refractivity contribution >= 4 is 35.1 Å². The molecule has 2 heterocycles. The summed E-state index contributed by atoms with van der Waals surface area (Å²) in [5.41, 5.74) is 2.26. The van der Waals surface area contributed by atoms with Crippen LogP contribution in [-0.4, -0.2) is 88.6 Å². The van der Waals surface area contributed by atoms with Crippen molar-refractivity contribution in [3.05, 3.63) is 64.7 Å². The number of β-amino-alcohol motifs (C(OH)–C–C–N with tert-alkyl or cyclic N) is 1. The van der Waals surface area contributed by atoms with Gasteiger partial charge < -0.3 is 30.4 Å². The molecule has 2 aliphatic heterocycles. The van der Waals surface area contributed by atoms with Crippen LogP contribution in [0.5, 0.6) is 0 Å². The lowest BCUT2D eigenvalue weighted by atomic mass is 10.0. The van der Waals surface area contributed by atoms with Crippen molar-refractivity contribution in [3.63, 3.8) is 0 Å². The Morgan fingerprint density at radius 2 is 1.56 bits per heavy atom. The number of aliphatic hydroxyl groups excluding tert-OH is 1. The third-order valence-electron chi connectivity index (χ3n) is 6.53. The smallest absolute Gasteiger partial charge is 0.481 e. The van der Waals surface area contributed by atoms with Gasteiger partial charge in [-0.1, -0.05) is 29.8 Å². The first-order valence-corrected chi connectivity index (χ1v) is 12.6. The van der Waals surface area contributed by atoms with Crippen molar-refractivity contribution in [1.29, 1.82) is 0 Å². The normalized spacial score (nSPS) is 19.8. The van der Waals surface area contributed by atoms with Crippen LogP contribution in [0.15, 0.2) is 48.5 Å². The minimum atomic E-state index is -5.08. The number of aliphatic hydroxyl groups is 1. The Hall–Kier alpha value is -3.35. The van der Waals surface area contributed by atoms with Gasteiger partial charge in [0, 0.05) is 48.5 Å². The van der Waals surface area contributed by atoms with Crippen LogP contribution in [0, 0.1) is 0 Å². The number of benzene rings is 2. The molecule has 4 N–H and O–H groups in total. The number of halogens is 4. The molecule has 1 amide bonds. The molecule has 2 saturated heterocycles. The lowest BCUT2D eigenvalue weighted by Gasteiger charge is -2.34. The van der Waals surface area contributed by atoms with Gasteiger partial charge in [0.05, 0.1) is 18.6 Å². The summed E-state index contributed by atoms with van der Waals surface area (Å²) in [4.78, 5) is 36.7. The lowest BCUT2D eigenvalue weighted by Crippen LogP contribution is -2.50. The average Bonchev–Trinajstić information content (AvgIpc) is 3.24. The van der Waals surface area contributed by atoms with Gasteiger partial charge in [0.2, 0.25) is 0 Å². The number of carboxylic acid groups (broad SMARTS) is 2. The number of rotatable bonds is 6. The highest BCUT2D eigenvalue weighted by molar-refractivity contribution is 6.30. The molecule has 1 unspecified atom stereocenters. The van der Waals surface area contributed by atoms with Gasteiger partial charge in [-0.05, 0) is 48.7 Å². The van der Waals surface area contributed by atoms with Crippen LogP contribution < -0.4 is 10.2 Å². The van der Waals surface area contributed by atoms with E-state index in [-0.39, 0.29) is 24.4 Å². The van der Waals surface area contributed by atoms with Crippen LogP contribution in [0.1, 0.15) is 28.8 Å². The number of carbonyl (C=O) groups is 3. The summed E-state index contributed by atoms with van der Waals surface area (Å²) < 4.78 is 31.7. The topological polar surface area (TPSA) is 130 Å². The van der Waals surface area contributed by atoms with E-state index in [0.29, 0.717) is 36.8 Å². The Labute approximate surface area is 227 Å². The standard InChI is InChI=1S/C24H28ClN3O4.C2HF3O2/c25-18-7-5-16(6-8-18)24(32)27-11-9-19(10-12-27)26-20-14-28(15-22(20)29)21-4-2-1-3-17(21)13-23(30)31;3-2(4,5)1(6)7/h1-8,19-20,22,26,29H,9-15H2,(H,30,31);(H,6,7)/t20?,22-;/m1./s1. The molecule has 2 fully saturated rings.